The molecule has 0 spiro atoms. The molecule has 3 rings (SSSR count). The zero-order valence-corrected chi connectivity index (χ0v) is 15.0. The maximum absolute atomic E-state index is 13.3. The van der Waals surface area contributed by atoms with E-state index < -0.39 is 5.82 Å². The Balaban J connectivity index is 1.74. The summed E-state index contributed by atoms with van der Waals surface area (Å²) in [5.74, 6) is -0.368. The van der Waals surface area contributed by atoms with E-state index in [1.54, 1.807) is 12.1 Å². The number of nitrogen functional groups attached to an aromatic ring is 1. The highest BCUT2D eigenvalue weighted by atomic mass is 35.5. The Morgan fingerprint density at radius 1 is 1.15 bits per heavy atom. The molecule has 27 heavy (non-hydrogen) atoms. The molecule has 138 valence electrons. The first-order valence-corrected chi connectivity index (χ1v) is 8.28. The molecule has 0 bridgehead atoms. The standard InChI is InChI=1S/C18H16ClFN6O/c1-10-4-2-3-5-12(10)18(27)26-25-17-15(21)16(22-9-23-17)24-11-6-7-14(20)13(19)8-11/h2-9H,21H2,1H3,(H,26,27)(H2,22,23,24,25). The van der Waals surface area contributed by atoms with Crippen molar-refractivity contribution >= 4 is 40.5 Å². The van der Waals surface area contributed by atoms with Crippen LogP contribution in [0, 0.1) is 12.7 Å². The molecule has 1 aromatic heterocycles. The van der Waals surface area contributed by atoms with Gasteiger partial charge < -0.3 is 11.1 Å². The van der Waals surface area contributed by atoms with E-state index in [0.29, 0.717) is 11.3 Å². The minimum atomic E-state index is -0.529. The molecule has 0 saturated heterocycles. The smallest absolute Gasteiger partial charge is 0.269 e. The third kappa shape index (κ3) is 4.24. The molecule has 0 atom stereocenters. The van der Waals surface area contributed by atoms with Crippen LogP contribution >= 0.6 is 11.6 Å². The summed E-state index contributed by atoms with van der Waals surface area (Å²) in [7, 11) is 0. The average molecular weight is 387 g/mol. The summed E-state index contributed by atoms with van der Waals surface area (Å²) in [4.78, 5) is 20.3. The second kappa shape index (κ2) is 7.88. The second-order valence-corrected chi connectivity index (χ2v) is 6.04. The number of hydrogen-bond donors (Lipinski definition) is 4. The molecule has 1 amide bonds. The maximum atomic E-state index is 13.3. The Kier molecular flexibility index (Phi) is 5.37. The Morgan fingerprint density at radius 3 is 2.63 bits per heavy atom. The molecule has 0 radical (unpaired) electrons. The molecule has 0 aliphatic carbocycles. The predicted molar refractivity (Wildman–Crippen MR) is 103 cm³/mol. The van der Waals surface area contributed by atoms with E-state index in [1.807, 2.05) is 19.1 Å². The number of nitrogens with zero attached hydrogens (tertiary/aromatic N) is 2. The topological polar surface area (TPSA) is 105 Å². The number of benzene rings is 2. The van der Waals surface area contributed by atoms with E-state index in [1.165, 1.54) is 24.5 Å². The summed E-state index contributed by atoms with van der Waals surface area (Å²) in [6.45, 7) is 1.84. The van der Waals surface area contributed by atoms with Gasteiger partial charge in [-0.15, -0.1) is 0 Å². The number of hydrogen-bond acceptors (Lipinski definition) is 6. The zero-order chi connectivity index (χ0) is 19.4. The van der Waals surface area contributed by atoms with Crippen molar-refractivity contribution in [1.82, 2.24) is 15.4 Å². The Labute approximate surface area is 159 Å². The van der Waals surface area contributed by atoms with Crippen molar-refractivity contribution in [1.29, 1.82) is 0 Å². The van der Waals surface area contributed by atoms with Crippen LogP contribution in [-0.2, 0) is 0 Å². The van der Waals surface area contributed by atoms with Gasteiger partial charge in [-0.1, -0.05) is 29.8 Å². The first kappa shape index (κ1) is 18.4. The number of nitrogens with one attached hydrogen (secondary N) is 3. The van der Waals surface area contributed by atoms with Crippen LogP contribution in [0.2, 0.25) is 5.02 Å². The normalized spacial score (nSPS) is 10.3. The molecule has 0 unspecified atom stereocenters. The number of amides is 1. The average Bonchev–Trinajstić information content (AvgIpc) is 2.65. The van der Waals surface area contributed by atoms with Crippen molar-refractivity contribution in [2.75, 3.05) is 16.5 Å². The van der Waals surface area contributed by atoms with E-state index in [9.17, 15) is 9.18 Å². The maximum Gasteiger partial charge on any atom is 0.269 e. The highest BCUT2D eigenvalue weighted by molar-refractivity contribution is 6.31. The number of anilines is 4. The molecule has 0 saturated carbocycles. The van der Waals surface area contributed by atoms with Gasteiger partial charge in [-0.3, -0.25) is 15.6 Å². The van der Waals surface area contributed by atoms with E-state index in [-0.39, 0.29) is 28.3 Å². The molecule has 2 aromatic carbocycles. The van der Waals surface area contributed by atoms with Crippen molar-refractivity contribution in [2.45, 2.75) is 6.92 Å². The largest absolute Gasteiger partial charge is 0.393 e. The van der Waals surface area contributed by atoms with Crippen LogP contribution in [0.4, 0.5) is 27.4 Å². The van der Waals surface area contributed by atoms with Crippen molar-refractivity contribution in [3.63, 3.8) is 0 Å². The number of aryl methyl sites for hydroxylation is 1. The lowest BCUT2D eigenvalue weighted by Gasteiger charge is -2.14. The monoisotopic (exact) mass is 386 g/mol. The van der Waals surface area contributed by atoms with Crippen LogP contribution in [0.3, 0.4) is 0 Å². The van der Waals surface area contributed by atoms with Crippen LogP contribution in [0.15, 0.2) is 48.8 Å². The van der Waals surface area contributed by atoms with Crippen LogP contribution < -0.4 is 21.9 Å². The van der Waals surface area contributed by atoms with E-state index in [4.69, 9.17) is 17.3 Å². The highest BCUT2D eigenvalue weighted by Crippen LogP contribution is 2.27. The number of halogens is 2. The van der Waals surface area contributed by atoms with Crippen molar-refractivity contribution in [2.24, 2.45) is 0 Å². The van der Waals surface area contributed by atoms with Crippen molar-refractivity contribution in [3.8, 4) is 0 Å². The summed E-state index contributed by atoms with van der Waals surface area (Å²) in [5.41, 5.74) is 13.3. The summed E-state index contributed by atoms with van der Waals surface area (Å²) in [6, 6.07) is 11.3. The van der Waals surface area contributed by atoms with E-state index in [2.05, 4.69) is 26.1 Å². The lowest BCUT2D eigenvalue weighted by atomic mass is 10.1. The highest BCUT2D eigenvalue weighted by Gasteiger charge is 2.12. The van der Waals surface area contributed by atoms with Crippen molar-refractivity contribution in [3.05, 3.63) is 70.8 Å². The fraction of sp³-hybridized carbons (Fsp3) is 0.0556. The molecule has 7 nitrogen and oxygen atoms in total. The molecule has 0 aliphatic heterocycles. The number of hydrazine groups is 1. The molecule has 1 heterocycles. The van der Waals surface area contributed by atoms with Gasteiger partial charge in [0.1, 0.15) is 17.8 Å². The van der Waals surface area contributed by atoms with Gasteiger partial charge in [0.05, 0.1) is 5.02 Å². The van der Waals surface area contributed by atoms with Gasteiger partial charge in [0.15, 0.2) is 11.6 Å². The first-order chi connectivity index (χ1) is 13.0. The fourth-order valence-corrected chi connectivity index (χ4v) is 2.50. The van der Waals surface area contributed by atoms with E-state index >= 15 is 0 Å². The number of carbonyl (C=O) groups excluding carboxylic acids is 1. The van der Waals surface area contributed by atoms with Gasteiger partial charge in [-0.05, 0) is 36.8 Å². The number of aromatic nitrogens is 2. The van der Waals surface area contributed by atoms with Gasteiger partial charge >= 0.3 is 0 Å². The summed E-state index contributed by atoms with van der Waals surface area (Å²) in [6.07, 6.45) is 1.27. The van der Waals surface area contributed by atoms with Crippen LogP contribution in [0.25, 0.3) is 0 Å². The Morgan fingerprint density at radius 2 is 1.89 bits per heavy atom. The fourth-order valence-electron chi connectivity index (χ4n) is 2.32. The molecule has 5 N–H and O–H groups in total. The van der Waals surface area contributed by atoms with Gasteiger partial charge in [0, 0.05) is 11.3 Å². The van der Waals surface area contributed by atoms with Gasteiger partial charge in [0.2, 0.25) is 0 Å². The molecular formula is C18H16ClFN6O. The molecule has 3 aromatic rings. The summed E-state index contributed by atoms with van der Waals surface area (Å²) < 4.78 is 13.3. The van der Waals surface area contributed by atoms with Gasteiger partial charge in [-0.2, -0.15) is 0 Å². The third-order valence-electron chi connectivity index (χ3n) is 3.75. The number of carbonyl (C=O) groups is 1. The first-order valence-electron chi connectivity index (χ1n) is 7.90. The minimum Gasteiger partial charge on any atom is -0.393 e. The van der Waals surface area contributed by atoms with Crippen LogP contribution in [-0.4, -0.2) is 15.9 Å². The Bertz CT molecular complexity index is 997. The van der Waals surface area contributed by atoms with Crippen LogP contribution in [0.5, 0.6) is 0 Å². The molecule has 0 aliphatic rings. The summed E-state index contributed by atoms with van der Waals surface area (Å²) >= 11 is 5.77. The lowest BCUT2D eigenvalue weighted by molar-refractivity contribution is 0.0962. The molecule has 0 fully saturated rings. The minimum absolute atomic E-state index is 0.0310. The number of nitrogens with two attached hydrogens (primary N) is 1. The van der Waals surface area contributed by atoms with E-state index in [0.717, 1.165) is 5.56 Å². The van der Waals surface area contributed by atoms with Gasteiger partial charge in [0.25, 0.3) is 5.91 Å². The van der Waals surface area contributed by atoms with Gasteiger partial charge in [-0.25, -0.2) is 14.4 Å². The SMILES string of the molecule is Cc1ccccc1C(=O)NNc1ncnc(Nc2ccc(F)c(Cl)c2)c1N. The summed E-state index contributed by atoms with van der Waals surface area (Å²) in [5, 5.41) is 2.90. The lowest BCUT2D eigenvalue weighted by Crippen LogP contribution is -2.30. The zero-order valence-electron chi connectivity index (χ0n) is 14.3. The van der Waals surface area contributed by atoms with Crippen molar-refractivity contribution < 1.29 is 9.18 Å². The number of rotatable bonds is 5. The molecule has 9 heteroatoms. The molecular weight excluding hydrogens is 371 g/mol. The second-order valence-electron chi connectivity index (χ2n) is 5.63. The Hall–Kier alpha value is -3.39. The third-order valence-corrected chi connectivity index (χ3v) is 4.04. The predicted octanol–water partition coefficient (Wildman–Crippen LogP) is 3.66. The quantitative estimate of drug-likeness (QED) is 0.499. The van der Waals surface area contributed by atoms with Crippen LogP contribution in [0.1, 0.15) is 15.9 Å².